The molecule has 0 spiro atoms. The molecule has 1 aromatic rings. The van der Waals surface area contributed by atoms with Crippen molar-refractivity contribution in [1.29, 1.82) is 5.26 Å². The van der Waals surface area contributed by atoms with Gasteiger partial charge in [-0.05, 0) is 12.1 Å². The van der Waals surface area contributed by atoms with Crippen LogP contribution in [-0.4, -0.2) is 30.8 Å². The molecule has 3 N–H and O–H groups in total. The minimum atomic E-state index is -0.620. The largest absolute Gasteiger partial charge is 0.345 e. The zero-order valence-electron chi connectivity index (χ0n) is 9.97. The predicted molar refractivity (Wildman–Crippen MR) is 65.5 cm³/mol. The average Bonchev–Trinajstić information content (AvgIpc) is 2.44. The molecule has 7 heteroatoms. The van der Waals surface area contributed by atoms with Gasteiger partial charge in [-0.3, -0.25) is 19.7 Å². The van der Waals surface area contributed by atoms with Gasteiger partial charge in [-0.15, -0.1) is 0 Å². The molecular formula is C12H12N4O3. The van der Waals surface area contributed by atoms with Gasteiger partial charge in [0.25, 0.3) is 11.8 Å². The lowest BCUT2D eigenvalue weighted by molar-refractivity contribution is -0.125. The van der Waals surface area contributed by atoms with E-state index in [4.69, 9.17) is 5.26 Å². The maximum Gasteiger partial charge on any atom is 0.252 e. The van der Waals surface area contributed by atoms with Gasteiger partial charge in [0.1, 0.15) is 0 Å². The Balaban J connectivity index is 2.29. The van der Waals surface area contributed by atoms with Gasteiger partial charge in [0.2, 0.25) is 5.91 Å². The Hall–Kier alpha value is -2.88. The molecule has 3 amide bonds. The molecule has 1 rings (SSSR count). The Morgan fingerprint density at radius 2 is 1.63 bits per heavy atom. The number of carbonyl (C=O) groups excluding carboxylic acids is 3. The Labute approximate surface area is 109 Å². The minimum Gasteiger partial charge on any atom is -0.345 e. The maximum atomic E-state index is 11.6. The van der Waals surface area contributed by atoms with E-state index >= 15 is 0 Å². The molecule has 0 heterocycles. The highest BCUT2D eigenvalue weighted by Crippen LogP contribution is 1.96. The van der Waals surface area contributed by atoms with Crippen LogP contribution in [0.5, 0.6) is 0 Å². The smallest absolute Gasteiger partial charge is 0.252 e. The van der Waals surface area contributed by atoms with Crippen molar-refractivity contribution in [2.24, 2.45) is 0 Å². The van der Waals surface area contributed by atoms with Crippen LogP contribution in [0.3, 0.4) is 0 Å². The van der Waals surface area contributed by atoms with Crippen LogP contribution in [0.4, 0.5) is 0 Å². The Kier molecular flexibility index (Phi) is 5.56. The summed E-state index contributed by atoms with van der Waals surface area (Å²) in [5.74, 6) is -1.51. The predicted octanol–water partition coefficient (Wildman–Crippen LogP) is -0.870. The molecule has 0 bridgehead atoms. The quantitative estimate of drug-likeness (QED) is 0.472. The fourth-order valence-electron chi connectivity index (χ4n) is 1.20. The molecular weight excluding hydrogens is 248 g/mol. The summed E-state index contributed by atoms with van der Waals surface area (Å²) in [6.45, 7) is -0.554. The number of nitrogens with one attached hydrogen (secondary N) is 3. The monoisotopic (exact) mass is 260 g/mol. The molecule has 0 aliphatic rings. The molecule has 0 unspecified atom stereocenters. The zero-order valence-corrected chi connectivity index (χ0v) is 9.97. The van der Waals surface area contributed by atoms with E-state index < -0.39 is 11.8 Å². The highest BCUT2D eigenvalue weighted by Gasteiger charge is 2.08. The second-order valence-electron chi connectivity index (χ2n) is 3.49. The van der Waals surface area contributed by atoms with Crippen LogP contribution in [0.2, 0.25) is 0 Å². The van der Waals surface area contributed by atoms with Gasteiger partial charge >= 0.3 is 0 Å². The molecule has 0 saturated carbocycles. The average molecular weight is 260 g/mol. The topological polar surface area (TPSA) is 111 Å². The van der Waals surface area contributed by atoms with Gasteiger partial charge in [-0.25, -0.2) is 0 Å². The van der Waals surface area contributed by atoms with E-state index in [0.717, 1.165) is 0 Å². The molecule has 98 valence electrons. The summed E-state index contributed by atoms with van der Waals surface area (Å²) in [5, 5.41) is 14.7. The van der Waals surface area contributed by atoms with Crippen molar-refractivity contribution in [3.05, 3.63) is 35.9 Å². The third-order valence-corrected chi connectivity index (χ3v) is 2.09. The van der Waals surface area contributed by atoms with E-state index in [0.29, 0.717) is 5.56 Å². The van der Waals surface area contributed by atoms with E-state index in [1.54, 1.807) is 30.3 Å². The van der Waals surface area contributed by atoms with Crippen LogP contribution >= 0.6 is 0 Å². The highest BCUT2D eigenvalue weighted by molar-refractivity contribution is 5.96. The number of carbonyl (C=O) groups is 3. The summed E-state index contributed by atoms with van der Waals surface area (Å²) >= 11 is 0. The second kappa shape index (κ2) is 7.45. The lowest BCUT2D eigenvalue weighted by Gasteiger charge is -2.05. The van der Waals surface area contributed by atoms with Crippen LogP contribution in [-0.2, 0) is 9.59 Å². The Morgan fingerprint density at radius 3 is 2.26 bits per heavy atom. The number of nitriles is 1. The Bertz CT molecular complexity index is 507. The van der Waals surface area contributed by atoms with Crippen molar-refractivity contribution in [3.8, 4) is 6.19 Å². The Morgan fingerprint density at radius 1 is 1.00 bits per heavy atom. The number of benzene rings is 1. The van der Waals surface area contributed by atoms with Gasteiger partial charge in [0.05, 0.1) is 13.1 Å². The molecule has 0 fully saturated rings. The molecule has 0 aliphatic carbocycles. The summed E-state index contributed by atoms with van der Waals surface area (Å²) in [6.07, 6.45) is 1.44. The fraction of sp³-hybridized carbons (Fsp3) is 0.167. The van der Waals surface area contributed by atoms with Crippen LogP contribution in [0.1, 0.15) is 10.4 Å². The van der Waals surface area contributed by atoms with Gasteiger partial charge in [-0.1, -0.05) is 18.2 Å². The first-order chi connectivity index (χ1) is 9.13. The summed E-state index contributed by atoms with van der Waals surface area (Å²) < 4.78 is 0. The first-order valence-electron chi connectivity index (χ1n) is 5.41. The zero-order chi connectivity index (χ0) is 14.1. The van der Waals surface area contributed by atoms with Gasteiger partial charge in [-0.2, -0.15) is 5.26 Å². The number of amides is 3. The van der Waals surface area contributed by atoms with Crippen molar-refractivity contribution < 1.29 is 14.4 Å². The van der Waals surface area contributed by atoms with E-state index in [1.165, 1.54) is 6.19 Å². The molecule has 0 aromatic heterocycles. The number of rotatable bonds is 5. The molecule has 1 aromatic carbocycles. The van der Waals surface area contributed by atoms with Crippen molar-refractivity contribution in [3.63, 3.8) is 0 Å². The fourth-order valence-corrected chi connectivity index (χ4v) is 1.20. The first-order valence-corrected chi connectivity index (χ1v) is 5.41. The standard InChI is InChI=1S/C12H12N4O3/c13-8-16-11(18)6-14-10(17)7-15-12(19)9-4-2-1-3-5-9/h1-5H,6-7H2,(H,14,17)(H,15,19)(H,16,18). The van der Waals surface area contributed by atoms with Crippen LogP contribution in [0, 0.1) is 11.5 Å². The first kappa shape index (κ1) is 14.2. The van der Waals surface area contributed by atoms with E-state index in [9.17, 15) is 14.4 Å². The van der Waals surface area contributed by atoms with Crippen LogP contribution in [0.25, 0.3) is 0 Å². The van der Waals surface area contributed by atoms with Crippen molar-refractivity contribution in [2.75, 3.05) is 13.1 Å². The van der Waals surface area contributed by atoms with Gasteiger partial charge in [0, 0.05) is 5.56 Å². The SMILES string of the molecule is N#CNC(=O)CNC(=O)CNC(=O)c1ccccc1. The van der Waals surface area contributed by atoms with E-state index in [-0.39, 0.29) is 19.0 Å². The molecule has 19 heavy (non-hydrogen) atoms. The highest BCUT2D eigenvalue weighted by atomic mass is 16.2. The lowest BCUT2D eigenvalue weighted by atomic mass is 10.2. The summed E-state index contributed by atoms with van der Waals surface area (Å²) in [4.78, 5) is 33.7. The third kappa shape index (κ3) is 5.32. The van der Waals surface area contributed by atoms with Gasteiger partial charge < -0.3 is 10.6 Å². The second-order valence-corrected chi connectivity index (χ2v) is 3.49. The summed E-state index contributed by atoms with van der Waals surface area (Å²) in [7, 11) is 0. The normalized spacial score (nSPS) is 9.00. The molecule has 0 aliphatic heterocycles. The minimum absolute atomic E-state index is 0.242. The van der Waals surface area contributed by atoms with E-state index in [1.807, 2.05) is 5.32 Å². The lowest BCUT2D eigenvalue weighted by Crippen LogP contribution is -2.41. The third-order valence-electron chi connectivity index (χ3n) is 2.09. The van der Waals surface area contributed by atoms with Crippen molar-refractivity contribution >= 4 is 17.7 Å². The summed E-state index contributed by atoms with van der Waals surface area (Å²) in [5.41, 5.74) is 0.442. The maximum absolute atomic E-state index is 11.6. The van der Waals surface area contributed by atoms with Crippen molar-refractivity contribution in [1.82, 2.24) is 16.0 Å². The molecule has 0 saturated heterocycles. The molecule has 7 nitrogen and oxygen atoms in total. The molecule has 0 radical (unpaired) electrons. The van der Waals surface area contributed by atoms with Crippen LogP contribution < -0.4 is 16.0 Å². The number of nitrogens with zero attached hydrogens (tertiary/aromatic N) is 1. The van der Waals surface area contributed by atoms with Crippen molar-refractivity contribution in [2.45, 2.75) is 0 Å². The van der Waals surface area contributed by atoms with E-state index in [2.05, 4.69) is 10.6 Å². The number of hydrogen-bond acceptors (Lipinski definition) is 4. The molecule has 0 atom stereocenters. The van der Waals surface area contributed by atoms with Gasteiger partial charge in [0.15, 0.2) is 6.19 Å². The number of hydrogen-bond donors (Lipinski definition) is 3. The van der Waals surface area contributed by atoms with Crippen LogP contribution in [0.15, 0.2) is 30.3 Å². The summed E-state index contributed by atoms with van der Waals surface area (Å²) in [6, 6.07) is 8.43.